The van der Waals surface area contributed by atoms with Crippen molar-refractivity contribution < 1.29 is 14.0 Å². The van der Waals surface area contributed by atoms with E-state index in [0.717, 1.165) is 0 Å². The van der Waals surface area contributed by atoms with Crippen molar-refractivity contribution in [1.29, 1.82) is 0 Å². The van der Waals surface area contributed by atoms with Crippen LogP contribution in [0.4, 0.5) is 15.8 Å². The third kappa shape index (κ3) is 4.64. The third-order valence-corrected chi connectivity index (χ3v) is 5.11. The molecule has 0 radical (unpaired) electrons. The molecule has 2 N–H and O–H groups in total. The summed E-state index contributed by atoms with van der Waals surface area (Å²) < 4.78 is 14.7. The highest BCUT2D eigenvalue weighted by Gasteiger charge is 2.18. The number of anilines is 2. The number of aryl methyl sites for hydroxylation is 1. The van der Waals surface area contributed by atoms with Gasteiger partial charge in [0.05, 0.1) is 16.7 Å². The molecule has 33 heavy (non-hydrogen) atoms. The fourth-order valence-electron chi connectivity index (χ4n) is 3.61. The first kappa shape index (κ1) is 21.9. The maximum atomic E-state index is 13.5. The van der Waals surface area contributed by atoms with E-state index in [1.54, 1.807) is 55.5 Å². The van der Waals surface area contributed by atoms with E-state index in [9.17, 15) is 18.8 Å². The van der Waals surface area contributed by atoms with Crippen LogP contribution in [0.3, 0.4) is 0 Å². The predicted molar refractivity (Wildman–Crippen MR) is 126 cm³/mol. The Morgan fingerprint density at radius 1 is 0.970 bits per heavy atom. The van der Waals surface area contributed by atoms with Gasteiger partial charge in [0.15, 0.2) is 0 Å². The topological polar surface area (TPSA) is 93.1 Å². The lowest BCUT2D eigenvalue weighted by Crippen LogP contribution is -2.30. The van der Waals surface area contributed by atoms with Gasteiger partial charge in [-0.05, 0) is 48.9 Å². The van der Waals surface area contributed by atoms with Gasteiger partial charge in [-0.1, -0.05) is 30.3 Å². The molecule has 0 atom stereocenters. The van der Waals surface area contributed by atoms with Gasteiger partial charge in [-0.2, -0.15) is 0 Å². The van der Waals surface area contributed by atoms with E-state index in [0.29, 0.717) is 33.5 Å². The molecule has 0 saturated heterocycles. The maximum Gasteiger partial charge on any atom is 0.278 e. The molecule has 2 amide bonds. The molecule has 3 aromatic carbocycles. The van der Waals surface area contributed by atoms with E-state index >= 15 is 0 Å². The highest BCUT2D eigenvalue weighted by molar-refractivity contribution is 5.95. The molecular weight excluding hydrogens is 423 g/mol. The summed E-state index contributed by atoms with van der Waals surface area (Å²) in [5.41, 5.74) is 2.59. The number of hydrogen-bond donors (Lipinski definition) is 2. The summed E-state index contributed by atoms with van der Waals surface area (Å²) in [6.07, 6.45) is 0. The first-order valence-corrected chi connectivity index (χ1v) is 10.3. The summed E-state index contributed by atoms with van der Waals surface area (Å²) in [5, 5.41) is 5.45. The highest BCUT2D eigenvalue weighted by atomic mass is 19.1. The maximum absolute atomic E-state index is 13.5. The quantitative estimate of drug-likeness (QED) is 0.485. The minimum Gasteiger partial charge on any atom is -0.326 e. The summed E-state index contributed by atoms with van der Waals surface area (Å²) >= 11 is 0. The van der Waals surface area contributed by atoms with Gasteiger partial charge in [0.1, 0.15) is 18.1 Å². The van der Waals surface area contributed by atoms with Crippen molar-refractivity contribution in [3.63, 3.8) is 0 Å². The summed E-state index contributed by atoms with van der Waals surface area (Å²) in [7, 11) is 0. The number of aromatic nitrogens is 2. The molecule has 0 saturated carbocycles. The van der Waals surface area contributed by atoms with Gasteiger partial charge in [-0.3, -0.25) is 19.0 Å². The molecule has 0 spiro atoms. The van der Waals surface area contributed by atoms with Crippen LogP contribution in [-0.4, -0.2) is 21.4 Å². The molecule has 8 heteroatoms. The van der Waals surface area contributed by atoms with E-state index in [1.165, 1.54) is 29.7 Å². The zero-order valence-electron chi connectivity index (χ0n) is 18.1. The number of fused-ring (bicyclic) bond motifs is 1. The molecule has 1 aromatic heterocycles. The first-order valence-electron chi connectivity index (χ1n) is 10.3. The summed E-state index contributed by atoms with van der Waals surface area (Å²) in [6, 6.07) is 17.9. The Balaban J connectivity index is 1.79. The Morgan fingerprint density at radius 2 is 1.70 bits per heavy atom. The lowest BCUT2D eigenvalue weighted by Gasteiger charge is -2.15. The molecule has 4 rings (SSSR count). The fraction of sp³-hybridized carbons (Fsp3) is 0.120. The number of benzene rings is 3. The van der Waals surface area contributed by atoms with Crippen LogP contribution in [0.2, 0.25) is 0 Å². The molecule has 0 aliphatic heterocycles. The van der Waals surface area contributed by atoms with Crippen LogP contribution in [0, 0.1) is 12.7 Å². The van der Waals surface area contributed by atoms with Gasteiger partial charge >= 0.3 is 0 Å². The standard InChI is InChI=1S/C25H21FN4O3/c1-15-13-17(26)11-12-19(15)28-23(32)14-30-22-10-6-5-9-21(22)29-24(25(30)33)18-7-3-4-8-20(18)27-16(2)31/h3-13H,14H2,1-2H3,(H,27,31)(H,28,32). The molecule has 0 unspecified atom stereocenters. The molecule has 4 aromatic rings. The van der Waals surface area contributed by atoms with Crippen molar-refractivity contribution in [2.45, 2.75) is 20.4 Å². The average Bonchev–Trinajstić information content (AvgIpc) is 2.77. The van der Waals surface area contributed by atoms with Gasteiger partial charge in [0.2, 0.25) is 11.8 Å². The van der Waals surface area contributed by atoms with Gasteiger partial charge in [-0.25, -0.2) is 9.37 Å². The molecule has 0 bridgehead atoms. The number of para-hydroxylation sites is 3. The number of amides is 2. The number of carbonyl (C=O) groups excluding carboxylic acids is 2. The molecule has 0 aliphatic carbocycles. The monoisotopic (exact) mass is 444 g/mol. The summed E-state index contributed by atoms with van der Waals surface area (Å²) in [6.45, 7) is 2.79. The Bertz CT molecular complexity index is 1450. The highest BCUT2D eigenvalue weighted by Crippen LogP contribution is 2.25. The molecule has 1 heterocycles. The van der Waals surface area contributed by atoms with Crippen LogP contribution in [0.1, 0.15) is 12.5 Å². The van der Waals surface area contributed by atoms with Crippen molar-refractivity contribution in [2.75, 3.05) is 10.6 Å². The third-order valence-electron chi connectivity index (χ3n) is 5.11. The van der Waals surface area contributed by atoms with Crippen molar-refractivity contribution >= 4 is 34.2 Å². The zero-order valence-corrected chi connectivity index (χ0v) is 18.1. The van der Waals surface area contributed by atoms with Crippen LogP contribution in [-0.2, 0) is 16.1 Å². The lowest BCUT2D eigenvalue weighted by molar-refractivity contribution is -0.117. The van der Waals surface area contributed by atoms with Crippen LogP contribution >= 0.6 is 0 Å². The number of hydrogen-bond acceptors (Lipinski definition) is 4. The second-order valence-corrected chi connectivity index (χ2v) is 7.57. The average molecular weight is 444 g/mol. The molecule has 0 fully saturated rings. The van der Waals surface area contributed by atoms with Gasteiger partial charge < -0.3 is 10.6 Å². The van der Waals surface area contributed by atoms with Gasteiger partial charge in [0, 0.05) is 18.2 Å². The SMILES string of the molecule is CC(=O)Nc1ccccc1-c1nc2ccccc2n(CC(=O)Nc2ccc(F)cc2C)c1=O. The minimum atomic E-state index is -0.475. The second-order valence-electron chi connectivity index (χ2n) is 7.57. The Hall–Kier alpha value is -4.33. The first-order chi connectivity index (χ1) is 15.8. The van der Waals surface area contributed by atoms with Crippen LogP contribution < -0.4 is 16.2 Å². The van der Waals surface area contributed by atoms with Crippen molar-refractivity contribution in [2.24, 2.45) is 0 Å². The smallest absolute Gasteiger partial charge is 0.278 e. The number of carbonyl (C=O) groups is 2. The van der Waals surface area contributed by atoms with Crippen LogP contribution in [0.5, 0.6) is 0 Å². The Labute approximate surface area is 188 Å². The normalized spacial score (nSPS) is 10.8. The number of rotatable bonds is 5. The van der Waals surface area contributed by atoms with E-state index in [1.807, 2.05) is 0 Å². The van der Waals surface area contributed by atoms with E-state index < -0.39 is 17.3 Å². The molecule has 166 valence electrons. The van der Waals surface area contributed by atoms with Gasteiger partial charge in [0.25, 0.3) is 5.56 Å². The van der Waals surface area contributed by atoms with Crippen molar-refractivity contribution in [3.8, 4) is 11.3 Å². The van der Waals surface area contributed by atoms with Crippen LogP contribution in [0.25, 0.3) is 22.3 Å². The number of nitrogens with one attached hydrogen (secondary N) is 2. The number of halogens is 1. The van der Waals surface area contributed by atoms with E-state index in [2.05, 4.69) is 15.6 Å². The summed E-state index contributed by atoms with van der Waals surface area (Å²) in [5.74, 6) is -1.12. The summed E-state index contributed by atoms with van der Waals surface area (Å²) in [4.78, 5) is 42.5. The fourth-order valence-corrected chi connectivity index (χ4v) is 3.61. The van der Waals surface area contributed by atoms with Gasteiger partial charge in [-0.15, -0.1) is 0 Å². The van der Waals surface area contributed by atoms with E-state index in [4.69, 9.17) is 0 Å². The molecule has 0 aliphatic rings. The van der Waals surface area contributed by atoms with Crippen molar-refractivity contribution in [1.82, 2.24) is 9.55 Å². The number of nitrogens with zero attached hydrogens (tertiary/aromatic N) is 2. The Morgan fingerprint density at radius 3 is 2.45 bits per heavy atom. The molecular formula is C25H21FN4O3. The largest absolute Gasteiger partial charge is 0.326 e. The lowest BCUT2D eigenvalue weighted by atomic mass is 10.1. The molecule has 7 nitrogen and oxygen atoms in total. The predicted octanol–water partition coefficient (Wildman–Crippen LogP) is 4.11. The van der Waals surface area contributed by atoms with Crippen LogP contribution in [0.15, 0.2) is 71.5 Å². The van der Waals surface area contributed by atoms with Crippen molar-refractivity contribution in [3.05, 3.63) is 88.5 Å². The second kappa shape index (κ2) is 9.04. The Kier molecular flexibility index (Phi) is 5.99. The van der Waals surface area contributed by atoms with E-state index in [-0.39, 0.29) is 18.1 Å². The zero-order chi connectivity index (χ0) is 23.5. The minimum absolute atomic E-state index is 0.115.